The van der Waals surface area contributed by atoms with Crippen LogP contribution in [0.15, 0.2) is 42.5 Å². The number of nitrogens with one attached hydrogen (secondary N) is 2. The van der Waals surface area contributed by atoms with Crippen LogP contribution in [0.4, 0.5) is 0 Å². The van der Waals surface area contributed by atoms with E-state index < -0.39 is 36.3 Å². The fourth-order valence-electron chi connectivity index (χ4n) is 5.09. The highest BCUT2D eigenvalue weighted by molar-refractivity contribution is 6.01. The summed E-state index contributed by atoms with van der Waals surface area (Å²) < 4.78 is 10.6. The van der Waals surface area contributed by atoms with Gasteiger partial charge in [0.2, 0.25) is 18.1 Å². The number of fused-ring (bicyclic) bond motifs is 3. The van der Waals surface area contributed by atoms with Crippen LogP contribution in [0.2, 0.25) is 0 Å². The Labute approximate surface area is 207 Å². The summed E-state index contributed by atoms with van der Waals surface area (Å²) in [4.78, 5) is 52.7. The van der Waals surface area contributed by atoms with Gasteiger partial charge in [0.1, 0.15) is 18.1 Å². The van der Waals surface area contributed by atoms with E-state index in [0.29, 0.717) is 31.4 Å². The first-order valence-electron chi connectivity index (χ1n) is 12.3. The van der Waals surface area contributed by atoms with Gasteiger partial charge in [0.15, 0.2) is 0 Å². The Morgan fingerprint density at radius 2 is 1.83 bits per heavy atom. The van der Waals surface area contributed by atoms with Crippen LogP contribution in [0.25, 0.3) is 10.8 Å². The smallest absolute Gasteiger partial charge is 0.310 e. The summed E-state index contributed by atoms with van der Waals surface area (Å²) in [5.74, 6) is -1.79. The van der Waals surface area contributed by atoms with Gasteiger partial charge in [0, 0.05) is 25.1 Å². The number of hydrogen-bond donors (Lipinski definition) is 3. The molecule has 3 N–H and O–H groups in total. The van der Waals surface area contributed by atoms with Crippen LogP contribution in [0.1, 0.15) is 42.5 Å². The zero-order chi connectivity index (χ0) is 25.2. The van der Waals surface area contributed by atoms with Crippen LogP contribution in [0.5, 0.6) is 0 Å². The van der Waals surface area contributed by atoms with E-state index in [9.17, 15) is 24.3 Å². The van der Waals surface area contributed by atoms with Crippen molar-refractivity contribution in [2.45, 2.75) is 62.6 Å². The van der Waals surface area contributed by atoms with E-state index >= 15 is 0 Å². The van der Waals surface area contributed by atoms with Crippen LogP contribution < -0.4 is 10.6 Å². The molecule has 10 heteroatoms. The number of carbonyl (C=O) groups excluding carboxylic acids is 4. The summed E-state index contributed by atoms with van der Waals surface area (Å²) >= 11 is 0. The van der Waals surface area contributed by atoms with Crippen LogP contribution in [0.3, 0.4) is 0 Å². The quantitative estimate of drug-likeness (QED) is 0.536. The molecule has 5 unspecified atom stereocenters. The van der Waals surface area contributed by atoms with Crippen molar-refractivity contribution >= 4 is 34.5 Å². The van der Waals surface area contributed by atoms with E-state index in [4.69, 9.17) is 9.47 Å². The van der Waals surface area contributed by atoms with Gasteiger partial charge in [-0.05, 0) is 42.2 Å². The standard InChI is InChI=1S/C26H29N3O7/c30-22-13-20(26(34)36-22)28-24(32)21-12-18-14-29(21)25(33)19(7-3-4-10-35-18)27-23(31)17-9-8-15-5-1-2-6-16(15)11-17/h1-2,5-6,8-9,11,18-21,26,34H,3-4,7,10,12-14H2,(H,27,31)(H,28,32). The van der Waals surface area contributed by atoms with Gasteiger partial charge in [0.05, 0.1) is 12.5 Å². The summed E-state index contributed by atoms with van der Waals surface area (Å²) in [6.45, 7) is 0.720. The van der Waals surface area contributed by atoms with Crippen LogP contribution >= 0.6 is 0 Å². The molecule has 10 nitrogen and oxygen atoms in total. The van der Waals surface area contributed by atoms with E-state index in [1.165, 1.54) is 4.90 Å². The summed E-state index contributed by atoms with van der Waals surface area (Å²) in [7, 11) is 0. The molecule has 0 aromatic heterocycles. The molecule has 0 saturated carbocycles. The van der Waals surface area contributed by atoms with Crippen molar-refractivity contribution in [2.75, 3.05) is 13.2 Å². The van der Waals surface area contributed by atoms with Gasteiger partial charge in [-0.2, -0.15) is 0 Å². The van der Waals surface area contributed by atoms with Crippen LogP contribution in [-0.2, 0) is 23.9 Å². The van der Waals surface area contributed by atoms with Gasteiger partial charge in [-0.25, -0.2) is 0 Å². The number of ether oxygens (including phenoxy) is 2. The molecule has 3 heterocycles. The average molecular weight is 496 g/mol. The number of aliphatic hydroxyl groups is 1. The highest BCUT2D eigenvalue weighted by atomic mass is 16.6. The molecule has 5 rings (SSSR count). The fraction of sp³-hybridized carbons (Fsp3) is 0.462. The Hall–Kier alpha value is -3.50. The number of hydrogen-bond acceptors (Lipinski definition) is 7. The lowest BCUT2D eigenvalue weighted by atomic mass is 10.0. The number of carbonyl (C=O) groups is 4. The zero-order valence-corrected chi connectivity index (χ0v) is 19.7. The first-order valence-corrected chi connectivity index (χ1v) is 12.3. The summed E-state index contributed by atoms with van der Waals surface area (Å²) in [6, 6.07) is 10.6. The SMILES string of the molecule is O=C1CC(NC(=O)C2CC3CN2C(=O)C(NC(=O)c2ccc4ccccc4c2)CCCCO3)C(O)O1. The Morgan fingerprint density at radius 3 is 2.61 bits per heavy atom. The van der Waals surface area contributed by atoms with Crippen molar-refractivity contribution < 1.29 is 33.8 Å². The second kappa shape index (κ2) is 10.2. The van der Waals surface area contributed by atoms with Gasteiger partial charge in [-0.15, -0.1) is 0 Å². The maximum absolute atomic E-state index is 13.6. The molecular weight excluding hydrogens is 466 g/mol. The first-order chi connectivity index (χ1) is 17.4. The number of amides is 3. The molecule has 36 heavy (non-hydrogen) atoms. The predicted octanol–water partition coefficient (Wildman–Crippen LogP) is 0.858. The van der Waals surface area contributed by atoms with E-state index in [1.54, 1.807) is 12.1 Å². The predicted molar refractivity (Wildman–Crippen MR) is 128 cm³/mol. The van der Waals surface area contributed by atoms with E-state index in [-0.39, 0.29) is 30.9 Å². The molecule has 190 valence electrons. The Morgan fingerprint density at radius 1 is 1.03 bits per heavy atom. The number of nitrogens with zero attached hydrogens (tertiary/aromatic N) is 1. The van der Waals surface area contributed by atoms with Crippen molar-refractivity contribution in [3.05, 3.63) is 48.0 Å². The highest BCUT2D eigenvalue weighted by Crippen LogP contribution is 2.25. The van der Waals surface area contributed by atoms with Crippen LogP contribution in [0, 0.1) is 0 Å². The number of rotatable bonds is 4. The lowest BCUT2D eigenvalue weighted by Crippen LogP contribution is -2.55. The molecule has 2 aromatic carbocycles. The second-order valence-electron chi connectivity index (χ2n) is 9.52. The van der Waals surface area contributed by atoms with E-state index in [2.05, 4.69) is 10.6 Å². The molecule has 0 spiro atoms. The number of aliphatic hydroxyl groups excluding tert-OH is 1. The van der Waals surface area contributed by atoms with Crippen molar-refractivity contribution in [3.8, 4) is 0 Å². The third-order valence-electron chi connectivity index (χ3n) is 7.01. The zero-order valence-electron chi connectivity index (χ0n) is 19.7. The lowest BCUT2D eigenvalue weighted by molar-refractivity contribution is -0.155. The molecular formula is C26H29N3O7. The molecule has 3 fully saturated rings. The maximum atomic E-state index is 13.6. The molecule has 0 aliphatic carbocycles. The number of esters is 1. The number of benzene rings is 2. The molecule has 3 aliphatic rings. The van der Waals surface area contributed by atoms with Gasteiger partial charge in [-0.3, -0.25) is 19.2 Å². The van der Waals surface area contributed by atoms with E-state index in [0.717, 1.165) is 17.2 Å². The molecule has 3 amide bonds. The van der Waals surface area contributed by atoms with E-state index in [1.807, 2.05) is 30.3 Å². The Bertz CT molecular complexity index is 1190. The highest BCUT2D eigenvalue weighted by Gasteiger charge is 2.44. The minimum absolute atomic E-state index is 0.141. The van der Waals surface area contributed by atoms with Crippen LogP contribution in [-0.4, -0.2) is 77.4 Å². The molecule has 0 radical (unpaired) electrons. The second-order valence-corrected chi connectivity index (χ2v) is 9.52. The summed E-state index contributed by atoms with van der Waals surface area (Å²) in [6.07, 6.45) is 0.247. The minimum atomic E-state index is -1.42. The average Bonchev–Trinajstić information content (AvgIpc) is 3.43. The summed E-state index contributed by atoms with van der Waals surface area (Å²) in [5, 5.41) is 17.3. The van der Waals surface area contributed by atoms with Crippen molar-refractivity contribution in [2.24, 2.45) is 0 Å². The topological polar surface area (TPSA) is 134 Å². The molecule has 2 aromatic rings. The third kappa shape index (κ3) is 5.05. The van der Waals surface area contributed by atoms with Crippen molar-refractivity contribution in [1.29, 1.82) is 0 Å². The lowest BCUT2D eigenvalue weighted by Gasteiger charge is -2.29. The van der Waals surface area contributed by atoms with Gasteiger partial charge < -0.3 is 30.1 Å². The Kier molecular flexibility index (Phi) is 6.88. The van der Waals surface area contributed by atoms with Crippen molar-refractivity contribution in [1.82, 2.24) is 15.5 Å². The monoisotopic (exact) mass is 495 g/mol. The maximum Gasteiger partial charge on any atom is 0.310 e. The normalized spacial score (nSPS) is 28.6. The Balaban J connectivity index is 1.32. The molecule has 5 atom stereocenters. The third-order valence-corrected chi connectivity index (χ3v) is 7.01. The van der Waals surface area contributed by atoms with Crippen molar-refractivity contribution in [3.63, 3.8) is 0 Å². The summed E-state index contributed by atoms with van der Waals surface area (Å²) in [5.41, 5.74) is 0.454. The van der Waals surface area contributed by atoms with Gasteiger partial charge in [-0.1, -0.05) is 30.3 Å². The fourth-order valence-corrected chi connectivity index (χ4v) is 5.09. The molecule has 3 aliphatic heterocycles. The largest absolute Gasteiger partial charge is 0.434 e. The minimum Gasteiger partial charge on any atom is -0.434 e. The number of cyclic esters (lactones) is 1. The van der Waals surface area contributed by atoms with Gasteiger partial charge >= 0.3 is 5.97 Å². The molecule has 3 saturated heterocycles. The first kappa shape index (κ1) is 24.2. The molecule has 2 bridgehead atoms. The van der Waals surface area contributed by atoms with Gasteiger partial charge in [0.25, 0.3) is 5.91 Å².